The van der Waals surface area contributed by atoms with E-state index < -0.39 is 0 Å². The molecule has 1 atom stereocenters. The molecule has 0 aliphatic carbocycles. The van der Waals surface area contributed by atoms with Gasteiger partial charge in [0.1, 0.15) is 0 Å². The number of ether oxygens (including phenoxy) is 3. The van der Waals surface area contributed by atoms with Crippen molar-refractivity contribution in [3.63, 3.8) is 0 Å². The summed E-state index contributed by atoms with van der Waals surface area (Å²) < 4.78 is 17.2. The van der Waals surface area contributed by atoms with Crippen LogP contribution < -0.4 is 14.8 Å². The van der Waals surface area contributed by atoms with Crippen molar-refractivity contribution in [3.05, 3.63) is 22.2 Å². The molecule has 0 bridgehead atoms. The zero-order valence-electron chi connectivity index (χ0n) is 10.3. The van der Waals surface area contributed by atoms with Crippen LogP contribution in [0, 0.1) is 0 Å². The number of halogens is 1. The second-order valence-corrected chi connectivity index (χ2v) is 5.87. The number of benzene rings is 1. The molecule has 2 aliphatic heterocycles. The predicted molar refractivity (Wildman–Crippen MR) is 70.9 cm³/mol. The zero-order chi connectivity index (χ0) is 12.6. The molecule has 1 fully saturated rings. The lowest BCUT2D eigenvalue weighted by atomic mass is 10.0. The fraction of sp³-hybridized carbons (Fsp3) is 0.538. The monoisotopic (exact) mass is 313 g/mol. The average molecular weight is 314 g/mol. The largest absolute Gasteiger partial charge is 0.454 e. The van der Waals surface area contributed by atoms with Crippen molar-refractivity contribution >= 4 is 15.9 Å². The average Bonchev–Trinajstić information content (AvgIpc) is 2.95. The Morgan fingerprint density at radius 1 is 1.33 bits per heavy atom. The molecule has 1 saturated heterocycles. The first kappa shape index (κ1) is 12.3. The molecule has 1 unspecified atom stereocenters. The van der Waals surface area contributed by atoms with Crippen LogP contribution in [0.5, 0.6) is 11.5 Å². The molecule has 3 rings (SSSR count). The van der Waals surface area contributed by atoms with Crippen LogP contribution in [0.2, 0.25) is 0 Å². The summed E-state index contributed by atoms with van der Waals surface area (Å²) >= 11 is 3.57. The first-order valence-corrected chi connectivity index (χ1v) is 6.86. The van der Waals surface area contributed by atoms with E-state index in [-0.39, 0.29) is 5.54 Å². The van der Waals surface area contributed by atoms with Crippen LogP contribution in [0.15, 0.2) is 16.6 Å². The highest BCUT2D eigenvalue weighted by atomic mass is 79.9. The lowest BCUT2D eigenvalue weighted by Gasteiger charge is -2.24. The molecule has 2 aliphatic rings. The smallest absolute Gasteiger partial charge is 0.231 e. The molecule has 18 heavy (non-hydrogen) atoms. The second kappa shape index (κ2) is 4.72. The van der Waals surface area contributed by atoms with Crippen LogP contribution >= 0.6 is 15.9 Å². The third-order valence-electron chi connectivity index (χ3n) is 3.47. The minimum Gasteiger partial charge on any atom is -0.454 e. The van der Waals surface area contributed by atoms with Gasteiger partial charge in [0.25, 0.3) is 0 Å². The Kier molecular flexibility index (Phi) is 3.21. The Bertz CT molecular complexity index is 458. The fourth-order valence-electron chi connectivity index (χ4n) is 2.21. The molecule has 0 spiro atoms. The summed E-state index contributed by atoms with van der Waals surface area (Å²) in [6.45, 7) is 4.91. The maximum Gasteiger partial charge on any atom is 0.231 e. The Morgan fingerprint density at radius 3 is 2.83 bits per heavy atom. The van der Waals surface area contributed by atoms with E-state index in [1.165, 1.54) is 5.56 Å². The summed E-state index contributed by atoms with van der Waals surface area (Å²) in [5.41, 5.74) is 1.25. The maximum atomic E-state index is 5.43. The van der Waals surface area contributed by atoms with Gasteiger partial charge in [-0.05, 0) is 31.0 Å². The van der Waals surface area contributed by atoms with E-state index in [4.69, 9.17) is 14.2 Å². The first-order valence-electron chi connectivity index (χ1n) is 6.07. The molecule has 0 radical (unpaired) electrons. The Labute approximate surface area is 115 Å². The Hall–Kier alpha value is -0.780. The normalized spacial score (nSPS) is 25.7. The molecule has 1 N–H and O–H groups in total. The number of fused-ring (bicyclic) bond motifs is 1. The van der Waals surface area contributed by atoms with Gasteiger partial charge in [-0.15, -0.1) is 0 Å². The van der Waals surface area contributed by atoms with Crippen molar-refractivity contribution in [2.75, 3.05) is 20.0 Å². The number of nitrogens with one attached hydrogen (secondary N) is 1. The van der Waals surface area contributed by atoms with Gasteiger partial charge in [0.15, 0.2) is 11.5 Å². The quantitative estimate of drug-likeness (QED) is 0.930. The van der Waals surface area contributed by atoms with Gasteiger partial charge in [-0.2, -0.15) is 0 Å². The standard InChI is InChI=1S/C13H16BrNO3/c1-13(2-3-16-7-13)15-6-9-4-11-12(5-10(9)14)18-8-17-11/h4-5,15H,2-3,6-8H2,1H3. The topological polar surface area (TPSA) is 39.7 Å². The zero-order valence-corrected chi connectivity index (χ0v) is 11.9. The highest BCUT2D eigenvalue weighted by Gasteiger charge is 2.29. The van der Waals surface area contributed by atoms with Crippen LogP contribution in [-0.4, -0.2) is 25.5 Å². The molecule has 0 saturated carbocycles. The van der Waals surface area contributed by atoms with Gasteiger partial charge in [-0.3, -0.25) is 0 Å². The summed E-state index contributed by atoms with van der Waals surface area (Å²) in [7, 11) is 0. The molecule has 1 aromatic rings. The van der Waals surface area contributed by atoms with Crippen molar-refractivity contribution in [2.24, 2.45) is 0 Å². The number of hydrogen-bond donors (Lipinski definition) is 1. The second-order valence-electron chi connectivity index (χ2n) is 5.01. The predicted octanol–water partition coefficient (Wildman–Crippen LogP) is 2.45. The molecular formula is C13H16BrNO3. The highest BCUT2D eigenvalue weighted by Crippen LogP contribution is 2.37. The Morgan fingerprint density at radius 2 is 2.11 bits per heavy atom. The van der Waals surface area contributed by atoms with Crippen LogP contribution in [0.1, 0.15) is 18.9 Å². The molecule has 0 aromatic heterocycles. The van der Waals surface area contributed by atoms with E-state index in [0.29, 0.717) is 6.79 Å². The SMILES string of the molecule is CC1(NCc2cc3c(cc2Br)OCO3)CCOC1. The summed E-state index contributed by atoms with van der Waals surface area (Å²) in [4.78, 5) is 0. The van der Waals surface area contributed by atoms with Gasteiger partial charge >= 0.3 is 0 Å². The third kappa shape index (κ3) is 2.35. The fourth-order valence-corrected chi connectivity index (χ4v) is 2.67. The van der Waals surface area contributed by atoms with Crippen molar-refractivity contribution < 1.29 is 14.2 Å². The van der Waals surface area contributed by atoms with E-state index in [1.807, 2.05) is 12.1 Å². The minimum absolute atomic E-state index is 0.0792. The van der Waals surface area contributed by atoms with Gasteiger partial charge < -0.3 is 19.5 Å². The van der Waals surface area contributed by atoms with E-state index >= 15 is 0 Å². The summed E-state index contributed by atoms with van der Waals surface area (Å²) in [5.74, 6) is 1.63. The molecule has 0 amide bonds. The van der Waals surface area contributed by atoms with Crippen LogP contribution in [-0.2, 0) is 11.3 Å². The summed E-state index contributed by atoms with van der Waals surface area (Å²) in [6.07, 6.45) is 1.05. The van der Waals surface area contributed by atoms with Gasteiger partial charge in [-0.25, -0.2) is 0 Å². The van der Waals surface area contributed by atoms with Gasteiger partial charge in [0.05, 0.1) is 6.61 Å². The lowest BCUT2D eigenvalue weighted by Crippen LogP contribution is -2.42. The number of rotatable bonds is 3. The molecule has 2 heterocycles. The van der Waals surface area contributed by atoms with Crippen LogP contribution in [0.4, 0.5) is 0 Å². The van der Waals surface area contributed by atoms with E-state index in [2.05, 4.69) is 28.2 Å². The highest BCUT2D eigenvalue weighted by molar-refractivity contribution is 9.10. The van der Waals surface area contributed by atoms with E-state index in [0.717, 1.165) is 42.2 Å². The van der Waals surface area contributed by atoms with E-state index in [1.54, 1.807) is 0 Å². The van der Waals surface area contributed by atoms with E-state index in [9.17, 15) is 0 Å². The van der Waals surface area contributed by atoms with Gasteiger partial charge in [0.2, 0.25) is 6.79 Å². The third-order valence-corrected chi connectivity index (χ3v) is 4.20. The van der Waals surface area contributed by atoms with Gasteiger partial charge in [-0.1, -0.05) is 15.9 Å². The van der Waals surface area contributed by atoms with Crippen molar-refractivity contribution in [1.82, 2.24) is 5.32 Å². The first-order chi connectivity index (χ1) is 8.66. The number of hydrogen-bond acceptors (Lipinski definition) is 4. The molecular weight excluding hydrogens is 298 g/mol. The van der Waals surface area contributed by atoms with Crippen LogP contribution in [0.3, 0.4) is 0 Å². The summed E-state index contributed by atoms with van der Waals surface area (Å²) in [6, 6.07) is 3.99. The lowest BCUT2D eigenvalue weighted by molar-refractivity contribution is 0.171. The van der Waals surface area contributed by atoms with Crippen molar-refractivity contribution in [2.45, 2.75) is 25.4 Å². The van der Waals surface area contributed by atoms with Crippen LogP contribution in [0.25, 0.3) is 0 Å². The molecule has 5 heteroatoms. The van der Waals surface area contributed by atoms with Crippen molar-refractivity contribution in [3.8, 4) is 11.5 Å². The molecule has 4 nitrogen and oxygen atoms in total. The summed E-state index contributed by atoms with van der Waals surface area (Å²) in [5, 5.41) is 3.55. The Balaban J connectivity index is 1.73. The van der Waals surface area contributed by atoms with Gasteiger partial charge in [0, 0.05) is 23.2 Å². The minimum atomic E-state index is 0.0792. The maximum absolute atomic E-state index is 5.43. The molecule has 98 valence electrons. The molecule has 1 aromatic carbocycles. The van der Waals surface area contributed by atoms with Crippen molar-refractivity contribution in [1.29, 1.82) is 0 Å².